The van der Waals surface area contributed by atoms with Crippen LogP contribution in [0.4, 0.5) is 0 Å². The van der Waals surface area contributed by atoms with Crippen LogP contribution in [0, 0.1) is 11.8 Å². The van der Waals surface area contributed by atoms with E-state index in [0.29, 0.717) is 5.56 Å². The fourth-order valence-electron chi connectivity index (χ4n) is 2.47. The summed E-state index contributed by atoms with van der Waals surface area (Å²) in [6, 6.07) is 15.7. The Morgan fingerprint density at radius 1 is 0.909 bits per heavy atom. The Morgan fingerprint density at radius 2 is 1.64 bits per heavy atom. The number of carbonyl (C=O) groups is 1. The molecule has 0 aromatic heterocycles. The van der Waals surface area contributed by atoms with Gasteiger partial charge in [0.2, 0.25) is 0 Å². The van der Waals surface area contributed by atoms with Crippen LogP contribution in [0.15, 0.2) is 48.5 Å². The van der Waals surface area contributed by atoms with E-state index in [2.05, 4.69) is 18.8 Å². The van der Waals surface area contributed by atoms with Crippen LogP contribution in [0.1, 0.15) is 54.9 Å². The lowest BCUT2D eigenvalue weighted by Crippen LogP contribution is -1.90. The van der Waals surface area contributed by atoms with Crippen LogP contribution >= 0.6 is 0 Å². The summed E-state index contributed by atoms with van der Waals surface area (Å²) in [6.45, 7) is 2.21. The molecule has 1 heteroatoms. The average Bonchev–Trinajstić information content (AvgIpc) is 2.58. The van der Waals surface area contributed by atoms with Gasteiger partial charge in [0.1, 0.15) is 0 Å². The molecule has 0 heterocycles. The van der Waals surface area contributed by atoms with Gasteiger partial charge in [0.05, 0.1) is 0 Å². The van der Waals surface area contributed by atoms with Gasteiger partial charge >= 0.3 is 0 Å². The summed E-state index contributed by atoms with van der Waals surface area (Å²) >= 11 is 0. The topological polar surface area (TPSA) is 17.1 Å². The molecular weight excluding hydrogens is 268 g/mol. The van der Waals surface area contributed by atoms with Gasteiger partial charge in [-0.15, -0.1) is 0 Å². The number of rotatable bonds is 6. The Labute approximate surface area is 133 Å². The van der Waals surface area contributed by atoms with Crippen molar-refractivity contribution in [1.29, 1.82) is 0 Å². The first-order chi connectivity index (χ1) is 10.9. The minimum absolute atomic E-state index is 0.708. The van der Waals surface area contributed by atoms with Crippen LogP contribution in [0.25, 0.3) is 11.1 Å². The van der Waals surface area contributed by atoms with Crippen molar-refractivity contribution < 1.29 is 4.79 Å². The van der Waals surface area contributed by atoms with E-state index < -0.39 is 0 Å². The lowest BCUT2D eigenvalue weighted by Gasteiger charge is -2.07. The van der Waals surface area contributed by atoms with Crippen molar-refractivity contribution in [3.05, 3.63) is 59.7 Å². The number of carbonyl (C=O) groups excluding carboxylic acids is 1. The molecule has 0 N–H and O–H groups in total. The van der Waals surface area contributed by atoms with Crippen molar-refractivity contribution in [2.75, 3.05) is 0 Å². The SMILES string of the molecule is CCCCCCC#Cc1ccccc1-c1ccccc1C=O. The first-order valence-electron chi connectivity index (χ1n) is 7.99. The Balaban J connectivity index is 2.21. The number of hydrogen-bond acceptors (Lipinski definition) is 1. The second kappa shape index (κ2) is 8.85. The van der Waals surface area contributed by atoms with E-state index in [9.17, 15) is 4.79 Å². The van der Waals surface area contributed by atoms with Gasteiger partial charge in [-0.25, -0.2) is 0 Å². The second-order valence-electron chi connectivity index (χ2n) is 5.36. The molecular formula is C21H22O. The smallest absolute Gasteiger partial charge is 0.150 e. The maximum atomic E-state index is 11.2. The Morgan fingerprint density at radius 3 is 2.41 bits per heavy atom. The molecule has 22 heavy (non-hydrogen) atoms. The summed E-state index contributed by atoms with van der Waals surface area (Å²) in [5, 5.41) is 0. The highest BCUT2D eigenvalue weighted by molar-refractivity contribution is 5.89. The quantitative estimate of drug-likeness (QED) is 0.390. The summed E-state index contributed by atoms with van der Waals surface area (Å²) < 4.78 is 0. The summed E-state index contributed by atoms with van der Waals surface area (Å²) in [6.07, 6.45) is 6.78. The molecule has 2 rings (SSSR count). The number of hydrogen-bond donors (Lipinski definition) is 0. The standard InChI is InChI=1S/C21H22O/c1-2-3-4-5-6-7-12-18-13-8-10-15-20(18)21-16-11-9-14-19(21)17-22/h8-11,13-17H,2-6H2,1H3. The lowest BCUT2D eigenvalue weighted by atomic mass is 9.96. The van der Waals surface area contributed by atoms with Gasteiger partial charge in [0.25, 0.3) is 0 Å². The maximum Gasteiger partial charge on any atom is 0.150 e. The van der Waals surface area contributed by atoms with Crippen molar-refractivity contribution >= 4 is 6.29 Å². The summed E-state index contributed by atoms with van der Waals surface area (Å²) in [5.41, 5.74) is 3.69. The maximum absolute atomic E-state index is 11.2. The molecule has 1 nitrogen and oxygen atoms in total. The molecule has 0 saturated carbocycles. The highest BCUT2D eigenvalue weighted by atomic mass is 16.1. The number of benzene rings is 2. The van der Waals surface area contributed by atoms with Gasteiger partial charge in [-0.2, -0.15) is 0 Å². The first kappa shape index (κ1) is 16.0. The van der Waals surface area contributed by atoms with E-state index in [1.807, 2.05) is 48.5 Å². The molecule has 0 aliphatic heterocycles. The minimum Gasteiger partial charge on any atom is -0.298 e. The van der Waals surface area contributed by atoms with Crippen molar-refractivity contribution in [3.63, 3.8) is 0 Å². The van der Waals surface area contributed by atoms with Crippen LogP contribution < -0.4 is 0 Å². The monoisotopic (exact) mass is 290 g/mol. The molecule has 0 unspecified atom stereocenters. The van der Waals surface area contributed by atoms with E-state index in [-0.39, 0.29) is 0 Å². The van der Waals surface area contributed by atoms with E-state index in [1.165, 1.54) is 19.3 Å². The van der Waals surface area contributed by atoms with Gasteiger partial charge in [-0.05, 0) is 23.6 Å². The lowest BCUT2D eigenvalue weighted by molar-refractivity contribution is 0.112. The number of aldehydes is 1. The van der Waals surface area contributed by atoms with Crippen molar-refractivity contribution in [2.45, 2.75) is 39.0 Å². The third kappa shape index (κ3) is 4.33. The Kier molecular flexibility index (Phi) is 6.45. The van der Waals surface area contributed by atoms with Crippen molar-refractivity contribution in [2.24, 2.45) is 0 Å². The van der Waals surface area contributed by atoms with Crippen LogP contribution in [-0.4, -0.2) is 6.29 Å². The fraction of sp³-hybridized carbons (Fsp3) is 0.286. The predicted octanol–water partition coefficient (Wildman–Crippen LogP) is 5.49. The third-order valence-electron chi connectivity index (χ3n) is 3.68. The zero-order valence-corrected chi connectivity index (χ0v) is 13.1. The van der Waals surface area contributed by atoms with Crippen LogP contribution in [0.2, 0.25) is 0 Å². The van der Waals surface area contributed by atoms with Gasteiger partial charge in [0.15, 0.2) is 6.29 Å². The molecule has 0 aliphatic carbocycles. The summed E-state index contributed by atoms with van der Waals surface area (Å²) in [5.74, 6) is 6.54. The van der Waals surface area contributed by atoms with Crippen molar-refractivity contribution in [3.8, 4) is 23.0 Å². The van der Waals surface area contributed by atoms with Gasteiger partial charge < -0.3 is 0 Å². The molecule has 0 radical (unpaired) electrons. The molecule has 2 aromatic rings. The zero-order valence-electron chi connectivity index (χ0n) is 13.1. The van der Waals surface area contributed by atoms with Crippen LogP contribution in [0.3, 0.4) is 0 Å². The van der Waals surface area contributed by atoms with Gasteiger partial charge in [-0.3, -0.25) is 4.79 Å². The minimum atomic E-state index is 0.708. The predicted molar refractivity (Wildman–Crippen MR) is 92.9 cm³/mol. The highest BCUT2D eigenvalue weighted by Gasteiger charge is 2.06. The highest BCUT2D eigenvalue weighted by Crippen LogP contribution is 2.25. The van der Waals surface area contributed by atoms with E-state index in [4.69, 9.17) is 0 Å². The van der Waals surface area contributed by atoms with Crippen LogP contribution in [-0.2, 0) is 0 Å². The average molecular weight is 290 g/mol. The molecule has 112 valence electrons. The Bertz CT molecular complexity index is 674. The normalized spacial score (nSPS) is 9.86. The molecule has 0 spiro atoms. The van der Waals surface area contributed by atoms with E-state index in [0.717, 1.165) is 35.8 Å². The zero-order chi connectivity index (χ0) is 15.6. The van der Waals surface area contributed by atoms with Crippen molar-refractivity contribution in [1.82, 2.24) is 0 Å². The fourth-order valence-corrected chi connectivity index (χ4v) is 2.47. The molecule has 0 amide bonds. The van der Waals surface area contributed by atoms with Gasteiger partial charge in [0, 0.05) is 17.5 Å². The molecule has 0 fully saturated rings. The third-order valence-corrected chi connectivity index (χ3v) is 3.68. The second-order valence-corrected chi connectivity index (χ2v) is 5.36. The molecule has 2 aromatic carbocycles. The summed E-state index contributed by atoms with van der Waals surface area (Å²) in [7, 11) is 0. The molecule has 0 atom stereocenters. The van der Waals surface area contributed by atoms with E-state index in [1.54, 1.807) is 0 Å². The Hall–Kier alpha value is -2.33. The first-order valence-corrected chi connectivity index (χ1v) is 7.99. The molecule has 0 aliphatic rings. The largest absolute Gasteiger partial charge is 0.298 e. The van der Waals surface area contributed by atoms with Gasteiger partial charge in [-0.1, -0.05) is 80.5 Å². The number of unbranched alkanes of at least 4 members (excludes halogenated alkanes) is 4. The molecule has 0 bridgehead atoms. The summed E-state index contributed by atoms with van der Waals surface area (Å²) in [4.78, 5) is 11.2. The van der Waals surface area contributed by atoms with Crippen LogP contribution in [0.5, 0.6) is 0 Å². The molecule has 0 saturated heterocycles. The van der Waals surface area contributed by atoms with E-state index >= 15 is 0 Å².